The van der Waals surface area contributed by atoms with E-state index in [9.17, 15) is 4.79 Å². The van der Waals surface area contributed by atoms with Gasteiger partial charge in [-0.15, -0.1) is 0 Å². The van der Waals surface area contributed by atoms with Crippen LogP contribution in [0.2, 0.25) is 5.15 Å². The number of carbonyl (C=O) groups excluding carboxylic acids is 1. The Labute approximate surface area is 118 Å². The summed E-state index contributed by atoms with van der Waals surface area (Å²) in [5.41, 5.74) is 1.16. The third-order valence-corrected chi connectivity index (χ3v) is 3.54. The first kappa shape index (κ1) is 14.3. The van der Waals surface area contributed by atoms with Crippen LogP contribution in [-0.2, 0) is 9.47 Å². The van der Waals surface area contributed by atoms with Crippen LogP contribution in [0, 0.1) is 6.92 Å². The molecule has 0 spiro atoms. The Morgan fingerprint density at radius 3 is 2.79 bits per heavy atom. The number of esters is 1. The van der Waals surface area contributed by atoms with E-state index in [-0.39, 0.29) is 18.2 Å². The predicted octanol–water partition coefficient (Wildman–Crippen LogP) is 3.16. The molecule has 0 aliphatic heterocycles. The van der Waals surface area contributed by atoms with Gasteiger partial charge in [-0.1, -0.05) is 11.6 Å². The largest absolute Gasteiger partial charge is 0.459 e. The summed E-state index contributed by atoms with van der Waals surface area (Å²) in [6, 6.07) is 3.22. The minimum atomic E-state index is -0.339. The van der Waals surface area contributed by atoms with Gasteiger partial charge in [0.25, 0.3) is 0 Å². The Kier molecular flexibility index (Phi) is 4.77. The third-order valence-electron chi connectivity index (χ3n) is 3.34. The molecule has 0 saturated heterocycles. The zero-order chi connectivity index (χ0) is 13.8. The standard InChI is InChI=1S/C14H18ClNO3/c1-9-6-10(7-13(15)16-9)14(17)19-12-5-3-4-11(8-12)18-2/h6-7,11-12H,3-5,8H2,1-2H3. The van der Waals surface area contributed by atoms with Crippen LogP contribution in [-0.4, -0.2) is 30.3 Å². The minimum Gasteiger partial charge on any atom is -0.459 e. The fourth-order valence-corrected chi connectivity index (χ4v) is 2.64. The highest BCUT2D eigenvalue weighted by Crippen LogP contribution is 2.24. The summed E-state index contributed by atoms with van der Waals surface area (Å²) in [5, 5.41) is 0.311. The number of ether oxygens (including phenoxy) is 2. The molecule has 1 aromatic heterocycles. The van der Waals surface area contributed by atoms with Crippen molar-refractivity contribution < 1.29 is 14.3 Å². The van der Waals surface area contributed by atoms with Crippen LogP contribution in [0.5, 0.6) is 0 Å². The highest BCUT2D eigenvalue weighted by Gasteiger charge is 2.25. The van der Waals surface area contributed by atoms with Gasteiger partial charge >= 0.3 is 5.97 Å². The van der Waals surface area contributed by atoms with Gasteiger partial charge in [-0.05, 0) is 38.3 Å². The molecule has 2 rings (SSSR count). The number of hydrogen-bond acceptors (Lipinski definition) is 4. The number of carbonyl (C=O) groups is 1. The summed E-state index contributed by atoms with van der Waals surface area (Å²) in [7, 11) is 1.70. The second kappa shape index (κ2) is 6.35. The van der Waals surface area contributed by atoms with E-state index in [1.54, 1.807) is 20.1 Å². The lowest BCUT2D eigenvalue weighted by molar-refractivity contribution is -0.0149. The molecule has 1 aliphatic carbocycles. The van der Waals surface area contributed by atoms with Crippen LogP contribution in [0.4, 0.5) is 0 Å². The lowest BCUT2D eigenvalue weighted by Crippen LogP contribution is -2.29. The van der Waals surface area contributed by atoms with Crippen molar-refractivity contribution in [1.82, 2.24) is 4.98 Å². The van der Waals surface area contributed by atoms with Gasteiger partial charge in [-0.25, -0.2) is 9.78 Å². The Morgan fingerprint density at radius 1 is 1.37 bits per heavy atom. The van der Waals surface area contributed by atoms with Crippen LogP contribution in [0.15, 0.2) is 12.1 Å². The molecule has 0 N–H and O–H groups in total. The lowest BCUT2D eigenvalue weighted by atomic mass is 9.95. The molecule has 4 nitrogen and oxygen atoms in total. The van der Waals surface area contributed by atoms with Crippen molar-refractivity contribution in [3.8, 4) is 0 Å². The zero-order valence-electron chi connectivity index (χ0n) is 11.2. The van der Waals surface area contributed by atoms with E-state index >= 15 is 0 Å². The first-order valence-electron chi connectivity index (χ1n) is 6.46. The molecule has 1 aliphatic rings. The number of halogens is 1. The topological polar surface area (TPSA) is 48.4 Å². The number of methoxy groups -OCH3 is 1. The highest BCUT2D eigenvalue weighted by atomic mass is 35.5. The van der Waals surface area contributed by atoms with Gasteiger partial charge in [-0.3, -0.25) is 0 Å². The Bertz CT molecular complexity index is 444. The van der Waals surface area contributed by atoms with Crippen LogP contribution >= 0.6 is 11.6 Å². The van der Waals surface area contributed by atoms with E-state index in [4.69, 9.17) is 21.1 Å². The number of aryl methyl sites for hydroxylation is 1. The molecular formula is C14H18ClNO3. The molecular weight excluding hydrogens is 266 g/mol. The van der Waals surface area contributed by atoms with E-state index in [1.165, 1.54) is 6.07 Å². The van der Waals surface area contributed by atoms with Crippen LogP contribution < -0.4 is 0 Å². The molecule has 1 aromatic rings. The van der Waals surface area contributed by atoms with Crippen molar-refractivity contribution in [2.45, 2.75) is 44.8 Å². The average molecular weight is 284 g/mol. The summed E-state index contributed by atoms with van der Waals surface area (Å²) in [6.45, 7) is 1.80. The molecule has 1 heterocycles. The van der Waals surface area contributed by atoms with Crippen molar-refractivity contribution in [3.63, 3.8) is 0 Å². The molecule has 1 saturated carbocycles. The maximum absolute atomic E-state index is 12.1. The second-order valence-electron chi connectivity index (χ2n) is 4.87. The Balaban J connectivity index is 2.00. The quantitative estimate of drug-likeness (QED) is 0.631. The zero-order valence-corrected chi connectivity index (χ0v) is 11.9. The Hall–Kier alpha value is -1.13. The molecule has 0 aromatic carbocycles. The SMILES string of the molecule is COC1CCCC(OC(=O)c2cc(C)nc(Cl)c2)C1. The monoisotopic (exact) mass is 283 g/mol. The fraction of sp³-hybridized carbons (Fsp3) is 0.571. The first-order valence-corrected chi connectivity index (χ1v) is 6.84. The van der Waals surface area contributed by atoms with Gasteiger partial charge in [0.05, 0.1) is 11.7 Å². The second-order valence-corrected chi connectivity index (χ2v) is 5.26. The van der Waals surface area contributed by atoms with Crippen molar-refractivity contribution >= 4 is 17.6 Å². The van der Waals surface area contributed by atoms with Gasteiger partial charge in [-0.2, -0.15) is 0 Å². The normalized spacial score (nSPS) is 23.1. The van der Waals surface area contributed by atoms with Crippen LogP contribution in [0.3, 0.4) is 0 Å². The first-order chi connectivity index (χ1) is 9.08. The van der Waals surface area contributed by atoms with E-state index in [2.05, 4.69) is 4.98 Å². The van der Waals surface area contributed by atoms with Gasteiger partial charge in [0.1, 0.15) is 11.3 Å². The summed E-state index contributed by atoms with van der Waals surface area (Å²) < 4.78 is 10.8. The number of pyridine rings is 1. The van der Waals surface area contributed by atoms with Crippen molar-refractivity contribution in [1.29, 1.82) is 0 Å². The van der Waals surface area contributed by atoms with Crippen LogP contribution in [0.25, 0.3) is 0 Å². The van der Waals surface area contributed by atoms with E-state index in [0.29, 0.717) is 16.4 Å². The molecule has 2 unspecified atom stereocenters. The van der Waals surface area contributed by atoms with Gasteiger partial charge in [0.15, 0.2) is 0 Å². The molecule has 19 heavy (non-hydrogen) atoms. The van der Waals surface area contributed by atoms with Gasteiger partial charge in [0.2, 0.25) is 0 Å². The van der Waals surface area contributed by atoms with E-state index < -0.39 is 0 Å². The molecule has 2 atom stereocenters. The molecule has 0 bridgehead atoms. The average Bonchev–Trinajstić information content (AvgIpc) is 2.37. The number of aromatic nitrogens is 1. The van der Waals surface area contributed by atoms with Crippen molar-refractivity contribution in [3.05, 3.63) is 28.5 Å². The summed E-state index contributed by atoms with van der Waals surface area (Å²) in [6.07, 6.45) is 3.83. The number of hydrogen-bond donors (Lipinski definition) is 0. The van der Waals surface area contributed by atoms with Crippen molar-refractivity contribution in [2.24, 2.45) is 0 Å². The molecule has 104 valence electrons. The fourth-order valence-electron chi connectivity index (χ4n) is 2.39. The lowest BCUT2D eigenvalue weighted by Gasteiger charge is -2.27. The van der Waals surface area contributed by atoms with Crippen LogP contribution in [0.1, 0.15) is 41.7 Å². The molecule has 0 amide bonds. The smallest absolute Gasteiger partial charge is 0.338 e. The molecule has 5 heteroatoms. The summed E-state index contributed by atoms with van der Waals surface area (Å²) in [4.78, 5) is 16.1. The van der Waals surface area contributed by atoms with Gasteiger partial charge in [0, 0.05) is 19.2 Å². The summed E-state index contributed by atoms with van der Waals surface area (Å²) in [5.74, 6) is -0.339. The number of nitrogens with zero attached hydrogens (tertiary/aromatic N) is 1. The van der Waals surface area contributed by atoms with Gasteiger partial charge < -0.3 is 9.47 Å². The number of rotatable bonds is 3. The third kappa shape index (κ3) is 3.91. The predicted molar refractivity (Wildman–Crippen MR) is 72.5 cm³/mol. The molecule has 1 fully saturated rings. The summed E-state index contributed by atoms with van der Waals surface area (Å²) >= 11 is 5.84. The van der Waals surface area contributed by atoms with E-state index in [0.717, 1.165) is 25.7 Å². The maximum Gasteiger partial charge on any atom is 0.338 e. The maximum atomic E-state index is 12.1. The minimum absolute atomic E-state index is 0.0709. The highest BCUT2D eigenvalue weighted by molar-refractivity contribution is 6.29. The van der Waals surface area contributed by atoms with Crippen molar-refractivity contribution in [2.75, 3.05) is 7.11 Å². The molecule has 0 radical (unpaired) electrons. The van der Waals surface area contributed by atoms with E-state index in [1.807, 2.05) is 0 Å². The Morgan fingerprint density at radius 2 is 2.11 bits per heavy atom.